The Morgan fingerprint density at radius 3 is 2.69 bits per heavy atom. The minimum absolute atomic E-state index is 0.234. The van der Waals surface area contributed by atoms with Crippen molar-refractivity contribution in [3.8, 4) is 5.75 Å². The molecule has 0 N–H and O–H groups in total. The number of fused-ring (bicyclic) bond motifs is 1. The van der Waals surface area contributed by atoms with Gasteiger partial charge in [-0.05, 0) is 49.3 Å². The van der Waals surface area contributed by atoms with Crippen LogP contribution in [0.25, 0.3) is 0 Å². The normalized spacial score (nSPS) is 22.9. The van der Waals surface area contributed by atoms with Crippen molar-refractivity contribution < 1.29 is 14.3 Å². The Kier molecular flexibility index (Phi) is 6.17. The smallest absolute Gasteiger partial charge is 0.222 e. The summed E-state index contributed by atoms with van der Waals surface area (Å²) in [4.78, 5) is 29.0. The Bertz CT molecular complexity index is 629. The highest BCUT2D eigenvalue weighted by Gasteiger charge is 2.39. The minimum Gasteiger partial charge on any atom is -0.497 e. The van der Waals surface area contributed by atoms with Gasteiger partial charge in [0, 0.05) is 38.5 Å². The molecule has 0 saturated carbocycles. The molecule has 1 aromatic rings. The van der Waals surface area contributed by atoms with Gasteiger partial charge in [0.1, 0.15) is 5.75 Å². The molecule has 0 bridgehead atoms. The largest absolute Gasteiger partial charge is 0.497 e. The van der Waals surface area contributed by atoms with E-state index in [2.05, 4.69) is 11.8 Å². The molecule has 0 aliphatic carbocycles. The van der Waals surface area contributed by atoms with Gasteiger partial charge in [0.25, 0.3) is 0 Å². The van der Waals surface area contributed by atoms with Crippen LogP contribution in [0.2, 0.25) is 0 Å². The first-order valence-electron chi connectivity index (χ1n) is 9.82. The van der Waals surface area contributed by atoms with Crippen molar-refractivity contribution in [1.82, 2.24) is 9.80 Å². The molecule has 5 heteroatoms. The number of carbonyl (C=O) groups excluding carboxylic acids is 2. The third kappa shape index (κ3) is 4.19. The van der Waals surface area contributed by atoms with Gasteiger partial charge < -0.3 is 14.5 Å². The second kappa shape index (κ2) is 8.56. The van der Waals surface area contributed by atoms with Crippen LogP contribution in [-0.2, 0) is 16.0 Å². The van der Waals surface area contributed by atoms with E-state index in [-0.39, 0.29) is 5.91 Å². The number of piperidine rings is 2. The molecule has 2 atom stereocenters. The third-order valence-corrected chi connectivity index (χ3v) is 5.75. The van der Waals surface area contributed by atoms with Crippen molar-refractivity contribution in [3.05, 3.63) is 29.8 Å². The van der Waals surface area contributed by atoms with Crippen molar-refractivity contribution in [3.63, 3.8) is 0 Å². The summed E-state index contributed by atoms with van der Waals surface area (Å²) in [5.41, 5.74) is 1.16. The summed E-state index contributed by atoms with van der Waals surface area (Å²) in [7, 11) is 1.66. The quantitative estimate of drug-likeness (QED) is 0.786. The standard InChI is InChI=1S/C21H30N2O3/c1-3-13-23-19-12-14-22(15-17(19)7-11-21(23)25)20(24)10-6-16-4-8-18(26-2)9-5-16/h4-5,8-9,17,19H,3,6-7,10-15H2,1-2H3/t17-,19+/m0/s1. The highest BCUT2D eigenvalue weighted by atomic mass is 16.5. The number of nitrogens with zero attached hydrogens (tertiary/aromatic N) is 2. The summed E-state index contributed by atoms with van der Waals surface area (Å²) in [6.45, 7) is 4.55. The summed E-state index contributed by atoms with van der Waals surface area (Å²) < 4.78 is 5.17. The predicted molar refractivity (Wildman–Crippen MR) is 101 cm³/mol. The highest BCUT2D eigenvalue weighted by molar-refractivity contribution is 5.78. The number of likely N-dealkylation sites (tertiary alicyclic amines) is 2. The molecule has 0 aromatic heterocycles. The maximum absolute atomic E-state index is 12.7. The topological polar surface area (TPSA) is 49.9 Å². The summed E-state index contributed by atoms with van der Waals surface area (Å²) in [6.07, 6.45) is 4.78. The lowest BCUT2D eigenvalue weighted by Gasteiger charge is -2.47. The fourth-order valence-corrected chi connectivity index (χ4v) is 4.31. The lowest BCUT2D eigenvalue weighted by Crippen LogP contribution is -2.57. The van der Waals surface area contributed by atoms with Crippen LogP contribution in [0.5, 0.6) is 5.75 Å². The number of aryl methyl sites for hydroxylation is 1. The summed E-state index contributed by atoms with van der Waals surface area (Å²) >= 11 is 0. The van der Waals surface area contributed by atoms with Crippen LogP contribution in [0.15, 0.2) is 24.3 Å². The van der Waals surface area contributed by atoms with Crippen LogP contribution >= 0.6 is 0 Å². The highest BCUT2D eigenvalue weighted by Crippen LogP contribution is 2.31. The average molecular weight is 358 g/mol. The van der Waals surface area contributed by atoms with Crippen LogP contribution < -0.4 is 4.74 Å². The van der Waals surface area contributed by atoms with Crippen molar-refractivity contribution >= 4 is 11.8 Å². The molecule has 2 heterocycles. The van der Waals surface area contributed by atoms with E-state index in [0.717, 1.165) is 56.6 Å². The van der Waals surface area contributed by atoms with Crippen LogP contribution in [0.4, 0.5) is 0 Å². The van der Waals surface area contributed by atoms with Crippen LogP contribution in [0.1, 0.15) is 44.6 Å². The molecule has 2 aliphatic heterocycles. The predicted octanol–water partition coefficient (Wildman–Crippen LogP) is 2.88. The van der Waals surface area contributed by atoms with E-state index in [1.54, 1.807) is 7.11 Å². The van der Waals surface area contributed by atoms with Gasteiger partial charge in [0.2, 0.25) is 11.8 Å². The zero-order chi connectivity index (χ0) is 18.5. The van der Waals surface area contributed by atoms with Crippen molar-refractivity contribution in [2.24, 2.45) is 5.92 Å². The molecule has 3 rings (SSSR count). The maximum Gasteiger partial charge on any atom is 0.222 e. The fourth-order valence-electron chi connectivity index (χ4n) is 4.31. The van der Waals surface area contributed by atoms with E-state index in [1.165, 1.54) is 0 Å². The number of hydrogen-bond donors (Lipinski definition) is 0. The van der Waals surface area contributed by atoms with Crippen molar-refractivity contribution in [1.29, 1.82) is 0 Å². The number of ether oxygens (including phenoxy) is 1. The van der Waals surface area contributed by atoms with Gasteiger partial charge in [-0.2, -0.15) is 0 Å². The number of methoxy groups -OCH3 is 1. The maximum atomic E-state index is 12.7. The number of amides is 2. The fraction of sp³-hybridized carbons (Fsp3) is 0.619. The van der Waals surface area contributed by atoms with Crippen LogP contribution in [0.3, 0.4) is 0 Å². The number of carbonyl (C=O) groups is 2. The second-order valence-corrected chi connectivity index (χ2v) is 7.43. The Morgan fingerprint density at radius 2 is 2.00 bits per heavy atom. The molecule has 2 aliphatic rings. The lowest BCUT2D eigenvalue weighted by molar-refractivity contribution is -0.144. The van der Waals surface area contributed by atoms with Gasteiger partial charge in [-0.25, -0.2) is 0 Å². The monoisotopic (exact) mass is 358 g/mol. The van der Waals surface area contributed by atoms with Gasteiger partial charge >= 0.3 is 0 Å². The number of rotatable bonds is 6. The second-order valence-electron chi connectivity index (χ2n) is 7.43. The molecule has 142 valence electrons. The first kappa shape index (κ1) is 18.7. The molecule has 2 amide bonds. The third-order valence-electron chi connectivity index (χ3n) is 5.75. The Labute approximate surface area is 156 Å². The van der Waals surface area contributed by atoms with E-state index >= 15 is 0 Å². The lowest BCUT2D eigenvalue weighted by atomic mass is 9.83. The summed E-state index contributed by atoms with van der Waals surface area (Å²) in [5.74, 6) is 1.81. The molecule has 5 nitrogen and oxygen atoms in total. The van der Waals surface area contributed by atoms with Gasteiger partial charge in [-0.1, -0.05) is 19.1 Å². The van der Waals surface area contributed by atoms with E-state index in [0.29, 0.717) is 30.7 Å². The Hall–Kier alpha value is -2.04. The van der Waals surface area contributed by atoms with E-state index in [9.17, 15) is 9.59 Å². The number of benzene rings is 1. The molecule has 26 heavy (non-hydrogen) atoms. The van der Waals surface area contributed by atoms with E-state index in [4.69, 9.17) is 4.74 Å². The molecule has 2 saturated heterocycles. The SMILES string of the molecule is CCCN1C(=O)CC[C@H]2CN(C(=O)CCc3ccc(OC)cc3)CC[C@H]21. The van der Waals surface area contributed by atoms with Crippen molar-refractivity contribution in [2.75, 3.05) is 26.7 Å². The molecular weight excluding hydrogens is 328 g/mol. The average Bonchev–Trinajstić information content (AvgIpc) is 2.68. The molecule has 0 spiro atoms. The van der Waals surface area contributed by atoms with Crippen molar-refractivity contribution in [2.45, 2.75) is 51.5 Å². The summed E-state index contributed by atoms with van der Waals surface area (Å²) in [6, 6.07) is 8.25. The van der Waals surface area contributed by atoms with Crippen LogP contribution in [-0.4, -0.2) is 54.4 Å². The van der Waals surface area contributed by atoms with Crippen LogP contribution in [0, 0.1) is 5.92 Å². The molecule has 1 aromatic carbocycles. The Balaban J connectivity index is 1.52. The summed E-state index contributed by atoms with van der Waals surface area (Å²) in [5, 5.41) is 0. The van der Waals surface area contributed by atoms with Gasteiger partial charge in [0.05, 0.1) is 7.11 Å². The molecular formula is C21H30N2O3. The molecule has 0 unspecified atom stereocenters. The first-order valence-corrected chi connectivity index (χ1v) is 9.82. The minimum atomic E-state index is 0.234. The zero-order valence-electron chi connectivity index (χ0n) is 15.9. The molecule has 0 radical (unpaired) electrons. The van der Waals surface area contributed by atoms with Gasteiger partial charge in [-0.15, -0.1) is 0 Å². The van der Waals surface area contributed by atoms with E-state index < -0.39 is 0 Å². The Morgan fingerprint density at radius 1 is 1.23 bits per heavy atom. The zero-order valence-corrected chi connectivity index (χ0v) is 15.9. The first-order chi connectivity index (χ1) is 12.6. The van der Waals surface area contributed by atoms with Gasteiger partial charge in [0.15, 0.2) is 0 Å². The molecule has 2 fully saturated rings. The number of hydrogen-bond acceptors (Lipinski definition) is 3. The van der Waals surface area contributed by atoms with E-state index in [1.807, 2.05) is 29.2 Å². The van der Waals surface area contributed by atoms with Gasteiger partial charge in [-0.3, -0.25) is 9.59 Å².